The van der Waals surface area contributed by atoms with E-state index >= 15 is 0 Å². The molecule has 154 valence electrons. The number of pyridine rings is 2. The van der Waals surface area contributed by atoms with Crippen LogP contribution in [0.3, 0.4) is 0 Å². The molecule has 30 heavy (non-hydrogen) atoms. The molecular weight excluding hydrogens is 376 g/mol. The number of carbonyl (C=O) groups is 2. The zero-order valence-electron chi connectivity index (χ0n) is 17.1. The van der Waals surface area contributed by atoms with Gasteiger partial charge in [-0.25, -0.2) is 0 Å². The first-order valence-electron chi connectivity index (χ1n) is 10.1. The summed E-state index contributed by atoms with van der Waals surface area (Å²) in [6.07, 6.45) is 6.84. The van der Waals surface area contributed by atoms with Gasteiger partial charge >= 0.3 is 0 Å². The number of rotatable bonds is 9. The van der Waals surface area contributed by atoms with Crippen LogP contribution in [-0.4, -0.2) is 33.2 Å². The summed E-state index contributed by atoms with van der Waals surface area (Å²) in [7, 11) is 0. The highest BCUT2D eigenvalue weighted by Gasteiger charge is 2.33. The summed E-state index contributed by atoms with van der Waals surface area (Å²) in [5.41, 5.74) is 1.94. The molecule has 0 bridgehead atoms. The Labute approximate surface area is 177 Å². The maximum atomic E-state index is 13.5. The second kappa shape index (κ2) is 10.9. The van der Waals surface area contributed by atoms with Gasteiger partial charge in [0.05, 0.1) is 5.69 Å². The highest BCUT2D eigenvalue weighted by atomic mass is 16.2. The minimum Gasteiger partial charge on any atom is -0.354 e. The van der Waals surface area contributed by atoms with E-state index in [1.54, 1.807) is 47.8 Å². The summed E-state index contributed by atoms with van der Waals surface area (Å²) in [5.74, 6) is -0.464. The third kappa shape index (κ3) is 5.50. The lowest BCUT2D eigenvalue weighted by atomic mass is 10.1. The van der Waals surface area contributed by atoms with Crippen molar-refractivity contribution in [3.63, 3.8) is 0 Å². The lowest BCUT2D eigenvalue weighted by Crippen LogP contribution is -2.44. The van der Waals surface area contributed by atoms with Gasteiger partial charge in [-0.3, -0.25) is 19.6 Å². The number of aromatic nitrogens is 2. The molecule has 0 aliphatic carbocycles. The molecular formula is C24H26N4O2. The molecule has 1 aromatic carbocycles. The summed E-state index contributed by atoms with van der Waals surface area (Å²) in [5, 5.41) is 2.97. The summed E-state index contributed by atoms with van der Waals surface area (Å²) in [6, 6.07) is 17.2. The fourth-order valence-electron chi connectivity index (χ4n) is 3.17. The van der Waals surface area contributed by atoms with Crippen molar-refractivity contribution < 1.29 is 9.59 Å². The molecule has 0 saturated carbocycles. The van der Waals surface area contributed by atoms with E-state index in [-0.39, 0.29) is 18.4 Å². The predicted molar refractivity (Wildman–Crippen MR) is 115 cm³/mol. The molecule has 0 spiro atoms. The molecule has 0 saturated heterocycles. The number of carbonyl (C=O) groups excluding carboxylic acids is 2. The normalized spacial score (nSPS) is 11.5. The van der Waals surface area contributed by atoms with Crippen LogP contribution in [0.1, 0.15) is 47.4 Å². The van der Waals surface area contributed by atoms with Crippen molar-refractivity contribution in [2.24, 2.45) is 0 Å². The van der Waals surface area contributed by atoms with Crippen molar-refractivity contribution >= 4 is 11.8 Å². The third-order valence-electron chi connectivity index (χ3n) is 4.74. The zero-order valence-corrected chi connectivity index (χ0v) is 17.1. The summed E-state index contributed by atoms with van der Waals surface area (Å²) >= 11 is 0. The van der Waals surface area contributed by atoms with Crippen LogP contribution < -0.4 is 5.32 Å². The van der Waals surface area contributed by atoms with Crippen LogP contribution in [0.2, 0.25) is 0 Å². The van der Waals surface area contributed by atoms with Gasteiger partial charge in [0, 0.05) is 37.2 Å². The number of unbranched alkanes of at least 4 members (excludes halogenated alkanes) is 1. The Morgan fingerprint density at radius 1 is 0.967 bits per heavy atom. The molecule has 1 atom stereocenters. The van der Waals surface area contributed by atoms with Gasteiger partial charge in [0.15, 0.2) is 6.04 Å². The van der Waals surface area contributed by atoms with Crippen LogP contribution in [0.5, 0.6) is 0 Å². The molecule has 2 aromatic heterocycles. The van der Waals surface area contributed by atoms with E-state index < -0.39 is 6.04 Å². The summed E-state index contributed by atoms with van der Waals surface area (Å²) in [4.78, 5) is 36.8. The van der Waals surface area contributed by atoms with Crippen LogP contribution in [0.25, 0.3) is 0 Å². The Hall–Kier alpha value is -3.54. The number of amides is 2. The van der Waals surface area contributed by atoms with Gasteiger partial charge in [-0.1, -0.05) is 37.6 Å². The van der Waals surface area contributed by atoms with Crippen molar-refractivity contribution in [1.29, 1.82) is 0 Å². The van der Waals surface area contributed by atoms with Crippen LogP contribution in [-0.2, 0) is 11.3 Å². The number of benzene rings is 1. The lowest BCUT2D eigenvalue weighted by Gasteiger charge is -2.31. The van der Waals surface area contributed by atoms with E-state index in [9.17, 15) is 9.59 Å². The van der Waals surface area contributed by atoms with Crippen LogP contribution in [0.15, 0.2) is 79.3 Å². The Bertz CT molecular complexity index is 933. The van der Waals surface area contributed by atoms with Crippen LogP contribution in [0, 0.1) is 0 Å². The molecule has 1 N–H and O–H groups in total. The Balaban J connectivity index is 2.00. The fourth-order valence-corrected chi connectivity index (χ4v) is 3.17. The zero-order chi connectivity index (χ0) is 21.2. The van der Waals surface area contributed by atoms with E-state index in [2.05, 4.69) is 22.2 Å². The number of hydrogen-bond donors (Lipinski definition) is 1. The first-order valence-corrected chi connectivity index (χ1v) is 10.1. The number of nitrogens with one attached hydrogen (secondary N) is 1. The molecule has 3 aromatic rings. The second-order valence-electron chi connectivity index (χ2n) is 6.96. The van der Waals surface area contributed by atoms with E-state index in [1.165, 1.54) is 0 Å². The third-order valence-corrected chi connectivity index (χ3v) is 4.74. The number of hydrogen-bond acceptors (Lipinski definition) is 4. The van der Waals surface area contributed by atoms with E-state index in [0.717, 1.165) is 18.4 Å². The van der Waals surface area contributed by atoms with Crippen molar-refractivity contribution in [3.05, 3.63) is 96.1 Å². The molecule has 0 radical (unpaired) electrons. The molecule has 0 fully saturated rings. The van der Waals surface area contributed by atoms with Gasteiger partial charge in [-0.05, 0) is 48.4 Å². The average Bonchev–Trinajstić information content (AvgIpc) is 2.80. The highest BCUT2D eigenvalue weighted by molar-refractivity contribution is 5.97. The summed E-state index contributed by atoms with van der Waals surface area (Å²) < 4.78 is 0. The topological polar surface area (TPSA) is 75.2 Å². The van der Waals surface area contributed by atoms with Crippen molar-refractivity contribution in [1.82, 2.24) is 20.2 Å². The molecule has 1 unspecified atom stereocenters. The average molecular weight is 402 g/mol. The molecule has 2 amide bonds. The maximum absolute atomic E-state index is 13.5. The first kappa shape index (κ1) is 21.2. The second-order valence-corrected chi connectivity index (χ2v) is 6.96. The molecule has 3 rings (SSSR count). The highest BCUT2D eigenvalue weighted by Crippen LogP contribution is 2.24. The van der Waals surface area contributed by atoms with E-state index in [0.29, 0.717) is 17.8 Å². The minimum atomic E-state index is -0.844. The standard InChI is InChI=1S/C24H26N4O2/c1-2-3-14-27-23(29)22(21-11-7-8-15-26-21)28(18-19-12-16-25-17-13-19)24(30)20-9-5-4-6-10-20/h4-13,15-17,22H,2-3,14,18H2,1H3,(H,27,29). The smallest absolute Gasteiger partial charge is 0.255 e. The Kier molecular flexibility index (Phi) is 7.66. The first-order chi connectivity index (χ1) is 14.7. The van der Waals surface area contributed by atoms with Crippen molar-refractivity contribution in [3.8, 4) is 0 Å². The maximum Gasteiger partial charge on any atom is 0.255 e. The minimum absolute atomic E-state index is 0.228. The van der Waals surface area contributed by atoms with Crippen LogP contribution >= 0.6 is 0 Å². The largest absolute Gasteiger partial charge is 0.354 e. The van der Waals surface area contributed by atoms with Crippen molar-refractivity contribution in [2.75, 3.05) is 6.54 Å². The molecule has 2 heterocycles. The van der Waals surface area contributed by atoms with Crippen molar-refractivity contribution in [2.45, 2.75) is 32.4 Å². The van der Waals surface area contributed by atoms with Gasteiger partial charge in [0.2, 0.25) is 5.91 Å². The van der Waals surface area contributed by atoms with E-state index in [1.807, 2.05) is 36.4 Å². The lowest BCUT2D eigenvalue weighted by molar-refractivity contribution is -0.126. The van der Waals surface area contributed by atoms with Gasteiger partial charge in [0.25, 0.3) is 5.91 Å². The monoisotopic (exact) mass is 402 g/mol. The quantitative estimate of drug-likeness (QED) is 0.553. The number of nitrogens with zero attached hydrogens (tertiary/aromatic N) is 3. The molecule has 0 aliphatic rings. The van der Waals surface area contributed by atoms with Gasteiger partial charge in [-0.2, -0.15) is 0 Å². The molecule has 0 aliphatic heterocycles. The van der Waals surface area contributed by atoms with Gasteiger partial charge in [0.1, 0.15) is 0 Å². The Morgan fingerprint density at radius 3 is 2.37 bits per heavy atom. The summed E-state index contributed by atoms with van der Waals surface area (Å²) in [6.45, 7) is 2.89. The Morgan fingerprint density at radius 2 is 1.70 bits per heavy atom. The predicted octanol–water partition coefficient (Wildman–Crippen LogP) is 3.78. The van der Waals surface area contributed by atoms with E-state index in [4.69, 9.17) is 0 Å². The fraction of sp³-hybridized carbons (Fsp3) is 0.250. The molecule has 6 heteroatoms. The van der Waals surface area contributed by atoms with Crippen LogP contribution in [0.4, 0.5) is 0 Å². The molecule has 6 nitrogen and oxygen atoms in total. The van der Waals surface area contributed by atoms with Gasteiger partial charge in [-0.15, -0.1) is 0 Å². The SMILES string of the molecule is CCCCNC(=O)C(c1ccccn1)N(Cc1ccncc1)C(=O)c1ccccc1. The van der Waals surface area contributed by atoms with Gasteiger partial charge < -0.3 is 10.2 Å².